The van der Waals surface area contributed by atoms with Crippen LogP contribution in [-0.2, 0) is 0 Å². The maximum Gasteiger partial charge on any atom is 0.134 e. The molecule has 8 heteroatoms. The Hall–Kier alpha value is -3.56. The van der Waals surface area contributed by atoms with E-state index < -0.39 is 0 Å². The van der Waals surface area contributed by atoms with Gasteiger partial charge in [0.25, 0.3) is 0 Å². The highest BCUT2D eigenvalue weighted by Crippen LogP contribution is 2.38. The topological polar surface area (TPSA) is 77.4 Å². The maximum absolute atomic E-state index is 8.83. The van der Waals surface area contributed by atoms with Crippen molar-refractivity contribution < 1.29 is 29.2 Å². The van der Waals surface area contributed by atoms with E-state index in [0.29, 0.717) is 11.5 Å². The smallest absolute Gasteiger partial charge is 0.134 e. The summed E-state index contributed by atoms with van der Waals surface area (Å²) in [4.78, 5) is 0. The molecule has 0 unspecified atom stereocenters. The Kier molecular flexibility index (Phi) is 9.23. The molecule has 4 aromatic carbocycles. The fraction of sp³-hybridized carbons (Fsp3) is 0.125. The van der Waals surface area contributed by atoms with Gasteiger partial charge in [-0.1, -0.05) is 56.2 Å². The highest BCUT2D eigenvalue weighted by molar-refractivity contribution is 9.10. The number of benzene rings is 4. The Morgan fingerprint density at radius 1 is 0.500 bits per heavy atom. The summed E-state index contributed by atoms with van der Waals surface area (Å²) in [6.07, 6.45) is 8.03. The summed E-state index contributed by atoms with van der Waals surface area (Å²) in [5.41, 5.74) is 3.95. The number of ether oxygens (including phenoxy) is 4. The number of hydrogen-bond acceptors (Lipinski definition) is 6. The number of aliphatic hydroxyl groups is 2. The summed E-state index contributed by atoms with van der Waals surface area (Å²) in [5.74, 6) is 4.60. The van der Waals surface area contributed by atoms with Crippen molar-refractivity contribution in [2.24, 2.45) is 0 Å². The highest BCUT2D eigenvalue weighted by atomic mass is 79.9. The Morgan fingerprint density at radius 3 is 1.23 bits per heavy atom. The molecule has 0 amide bonds. The molecule has 0 radical (unpaired) electrons. The number of hydrogen-bond donors (Lipinski definition) is 2. The van der Waals surface area contributed by atoms with Crippen LogP contribution in [0, 0.1) is 0 Å². The zero-order chi connectivity index (χ0) is 27.9. The molecular formula is C32H26Br2O6. The van der Waals surface area contributed by atoms with Crippen LogP contribution in [-0.4, -0.2) is 36.6 Å². The fourth-order valence-electron chi connectivity index (χ4n) is 4.09. The van der Waals surface area contributed by atoms with Gasteiger partial charge in [0.15, 0.2) is 0 Å². The van der Waals surface area contributed by atoms with Crippen molar-refractivity contribution in [1.29, 1.82) is 0 Å². The average Bonchev–Trinajstić information content (AvgIpc) is 3.26. The van der Waals surface area contributed by atoms with Crippen molar-refractivity contribution in [1.82, 2.24) is 0 Å². The van der Waals surface area contributed by atoms with Crippen LogP contribution in [0.15, 0.2) is 81.7 Å². The van der Waals surface area contributed by atoms with Gasteiger partial charge in [-0.3, -0.25) is 0 Å². The molecule has 0 atom stereocenters. The summed E-state index contributed by atoms with van der Waals surface area (Å²) in [6.45, 7) is 0.473. The molecule has 6 rings (SSSR count). The minimum absolute atomic E-state index is 0.0223. The molecule has 2 aliphatic rings. The Labute approximate surface area is 249 Å². The highest BCUT2D eigenvalue weighted by Gasteiger charge is 2.13. The zero-order valence-corrected chi connectivity index (χ0v) is 24.5. The van der Waals surface area contributed by atoms with Crippen LogP contribution in [0.3, 0.4) is 0 Å². The van der Waals surface area contributed by atoms with Crippen molar-refractivity contribution in [3.05, 3.63) is 104 Å². The van der Waals surface area contributed by atoms with Gasteiger partial charge < -0.3 is 29.2 Å². The van der Waals surface area contributed by atoms with Gasteiger partial charge in [0.1, 0.15) is 47.7 Å². The first-order valence-electron chi connectivity index (χ1n) is 12.6. The number of halogens is 2. The lowest BCUT2D eigenvalue weighted by atomic mass is 10.1. The summed E-state index contributed by atoms with van der Waals surface area (Å²) >= 11 is 6.93. The van der Waals surface area contributed by atoms with E-state index in [1.807, 2.05) is 84.9 Å². The van der Waals surface area contributed by atoms with E-state index in [1.54, 1.807) is 0 Å². The molecule has 2 aliphatic heterocycles. The predicted octanol–water partition coefficient (Wildman–Crippen LogP) is 8.19. The molecule has 0 saturated heterocycles. The van der Waals surface area contributed by atoms with E-state index in [1.165, 1.54) is 0 Å². The molecule has 204 valence electrons. The summed E-state index contributed by atoms with van der Waals surface area (Å²) in [6, 6.07) is 23.1. The normalized spacial score (nSPS) is 12.1. The van der Waals surface area contributed by atoms with Crippen LogP contribution < -0.4 is 18.9 Å². The van der Waals surface area contributed by atoms with Crippen molar-refractivity contribution in [3.63, 3.8) is 0 Å². The van der Waals surface area contributed by atoms with Crippen LogP contribution in [0.4, 0.5) is 0 Å². The molecule has 2 heterocycles. The Balaban J connectivity index is 0.000000168. The second-order valence-corrected chi connectivity index (χ2v) is 10.6. The lowest BCUT2D eigenvalue weighted by Crippen LogP contribution is -2.02. The summed E-state index contributed by atoms with van der Waals surface area (Å²) < 4.78 is 24.8. The average molecular weight is 666 g/mol. The first-order valence-corrected chi connectivity index (χ1v) is 14.2. The van der Waals surface area contributed by atoms with Crippen molar-refractivity contribution in [3.8, 4) is 34.5 Å². The van der Waals surface area contributed by atoms with Gasteiger partial charge >= 0.3 is 0 Å². The summed E-state index contributed by atoms with van der Waals surface area (Å²) in [5, 5.41) is 17.7. The van der Waals surface area contributed by atoms with Crippen LogP contribution in [0.5, 0.6) is 34.5 Å². The second kappa shape index (κ2) is 13.2. The third-order valence-electron chi connectivity index (χ3n) is 5.95. The third kappa shape index (κ3) is 6.95. The molecule has 0 spiro atoms. The van der Waals surface area contributed by atoms with Gasteiger partial charge in [-0.25, -0.2) is 0 Å². The molecule has 40 heavy (non-hydrogen) atoms. The SMILES string of the molecule is Brc1ccc2c(c1)C=Cc1cc(Br)ccc1O2.OCCOc1ccc2c(c1)C=Cc1cc(OCCO)ccc1O2. The number of rotatable bonds is 6. The van der Waals surface area contributed by atoms with E-state index >= 15 is 0 Å². The van der Waals surface area contributed by atoms with E-state index in [9.17, 15) is 0 Å². The standard InChI is InChI=1S/C18H18O5.C14H8Br2O/c19-7-9-21-15-3-5-17-13(11-15)1-2-14-12-16(22-10-8-20)4-6-18(14)23-17;15-11-3-5-13-9(7-11)1-2-10-8-12(16)4-6-14(10)17-13/h1-6,11-12,19-20H,7-10H2;1-8H. The molecule has 6 nitrogen and oxygen atoms in total. The monoisotopic (exact) mass is 664 g/mol. The largest absolute Gasteiger partial charge is 0.491 e. The first-order chi connectivity index (χ1) is 19.5. The van der Waals surface area contributed by atoms with Gasteiger partial charge in [0.05, 0.1) is 13.2 Å². The van der Waals surface area contributed by atoms with Crippen LogP contribution >= 0.6 is 31.9 Å². The molecule has 0 aliphatic carbocycles. The lowest BCUT2D eigenvalue weighted by molar-refractivity contribution is 0.201. The van der Waals surface area contributed by atoms with E-state index in [2.05, 4.69) is 44.0 Å². The minimum Gasteiger partial charge on any atom is -0.491 e. The molecule has 2 N–H and O–H groups in total. The number of aliphatic hydroxyl groups excluding tert-OH is 2. The molecule has 0 fully saturated rings. The van der Waals surface area contributed by atoms with E-state index in [4.69, 9.17) is 29.2 Å². The van der Waals surface area contributed by atoms with Gasteiger partial charge in [-0.15, -0.1) is 0 Å². The zero-order valence-electron chi connectivity index (χ0n) is 21.3. The number of fused-ring (bicyclic) bond motifs is 4. The Bertz CT molecular complexity index is 1450. The van der Waals surface area contributed by atoms with Gasteiger partial charge in [-0.05, 0) is 72.8 Å². The second-order valence-electron chi connectivity index (χ2n) is 8.78. The van der Waals surface area contributed by atoms with Crippen molar-refractivity contribution >= 4 is 56.2 Å². The van der Waals surface area contributed by atoms with E-state index in [0.717, 1.165) is 54.2 Å². The van der Waals surface area contributed by atoms with Gasteiger partial charge in [0.2, 0.25) is 0 Å². The minimum atomic E-state index is -0.0223. The first kappa shape index (κ1) is 28.0. The predicted molar refractivity (Wildman–Crippen MR) is 164 cm³/mol. The fourth-order valence-corrected chi connectivity index (χ4v) is 4.84. The molecular weight excluding hydrogens is 640 g/mol. The van der Waals surface area contributed by atoms with Crippen LogP contribution in [0.25, 0.3) is 24.3 Å². The van der Waals surface area contributed by atoms with E-state index in [-0.39, 0.29) is 26.4 Å². The van der Waals surface area contributed by atoms with Gasteiger partial charge in [0, 0.05) is 31.2 Å². The van der Waals surface area contributed by atoms with Crippen molar-refractivity contribution in [2.75, 3.05) is 26.4 Å². The third-order valence-corrected chi connectivity index (χ3v) is 6.94. The van der Waals surface area contributed by atoms with Gasteiger partial charge in [-0.2, -0.15) is 0 Å². The quantitative estimate of drug-likeness (QED) is 0.187. The lowest BCUT2D eigenvalue weighted by Gasteiger charge is -2.12. The molecule has 0 saturated carbocycles. The Morgan fingerprint density at radius 2 is 0.850 bits per heavy atom. The summed E-state index contributed by atoms with van der Waals surface area (Å²) in [7, 11) is 0. The van der Waals surface area contributed by atoms with Crippen LogP contribution in [0.2, 0.25) is 0 Å². The van der Waals surface area contributed by atoms with Crippen molar-refractivity contribution in [2.45, 2.75) is 0 Å². The molecule has 0 aromatic heterocycles. The molecule has 4 aromatic rings. The maximum atomic E-state index is 8.83. The molecule has 0 bridgehead atoms. The van der Waals surface area contributed by atoms with Crippen LogP contribution in [0.1, 0.15) is 22.3 Å².